The highest BCUT2D eigenvalue weighted by molar-refractivity contribution is 7.85. The van der Waals surface area contributed by atoms with Gasteiger partial charge in [-0.1, -0.05) is 6.07 Å². The molecule has 6 nitrogen and oxygen atoms in total. The van der Waals surface area contributed by atoms with E-state index >= 15 is 0 Å². The number of fused-ring (bicyclic) bond motifs is 1. The Hall–Kier alpha value is -3.14. The van der Waals surface area contributed by atoms with Gasteiger partial charge < -0.3 is 15.6 Å². The van der Waals surface area contributed by atoms with Crippen LogP contribution in [0.15, 0.2) is 60.0 Å². The van der Waals surface area contributed by atoms with E-state index in [1.165, 1.54) is 17.0 Å². The van der Waals surface area contributed by atoms with Gasteiger partial charge in [-0.2, -0.15) is 13.2 Å². The Bertz CT molecular complexity index is 1210. The van der Waals surface area contributed by atoms with Crippen molar-refractivity contribution in [1.82, 2.24) is 9.55 Å². The van der Waals surface area contributed by atoms with Gasteiger partial charge in [0, 0.05) is 69.8 Å². The summed E-state index contributed by atoms with van der Waals surface area (Å²) in [5.41, 5.74) is 8.71. The number of nitrogens with zero attached hydrogens (tertiary/aromatic N) is 3. The summed E-state index contributed by atoms with van der Waals surface area (Å²) in [5.74, 6) is 1.25. The van der Waals surface area contributed by atoms with E-state index in [1.807, 2.05) is 18.2 Å². The van der Waals surface area contributed by atoms with Gasteiger partial charge >= 0.3 is 6.18 Å². The van der Waals surface area contributed by atoms with Crippen LogP contribution in [-0.2, 0) is 23.9 Å². The summed E-state index contributed by atoms with van der Waals surface area (Å²) in [5, 5.41) is 4.13. The number of halogens is 3. The molecule has 1 fully saturated rings. The Morgan fingerprint density at radius 1 is 1.24 bits per heavy atom. The lowest BCUT2D eigenvalue weighted by atomic mass is 10.1. The minimum atomic E-state index is -4.41. The van der Waals surface area contributed by atoms with E-state index in [0.29, 0.717) is 40.2 Å². The first kappa shape index (κ1) is 24.0. The maximum absolute atomic E-state index is 13.5. The van der Waals surface area contributed by atoms with E-state index in [4.69, 9.17) is 5.73 Å². The second-order valence-electron chi connectivity index (χ2n) is 8.18. The Balaban J connectivity index is 1.69. The van der Waals surface area contributed by atoms with Gasteiger partial charge in [0.25, 0.3) is 0 Å². The molecule has 0 saturated carbocycles. The zero-order valence-electron chi connectivity index (χ0n) is 18.5. The Morgan fingerprint density at radius 2 is 1.97 bits per heavy atom. The van der Waals surface area contributed by atoms with E-state index in [1.54, 1.807) is 30.6 Å². The quantitative estimate of drug-likeness (QED) is 0.479. The molecule has 10 heteroatoms. The molecule has 1 saturated heterocycles. The number of aromatic nitrogens is 2. The van der Waals surface area contributed by atoms with Crippen molar-refractivity contribution in [2.75, 3.05) is 16.8 Å². The molecule has 0 radical (unpaired) electrons. The lowest BCUT2D eigenvalue weighted by Gasteiger charge is -2.24. The summed E-state index contributed by atoms with van der Waals surface area (Å²) in [7, 11) is -0.790. The molecule has 3 aromatic rings. The van der Waals surface area contributed by atoms with Crippen molar-refractivity contribution in [3.8, 4) is 0 Å². The molecule has 1 aliphatic heterocycles. The SMILES string of the molecule is NC=C(C=NCc1ccncc1)c1cc2c(NC3CCS(=O)CC3)cccc2n1CC(F)(F)F. The molecular weight excluding hydrogens is 463 g/mol. The molecule has 4 rings (SSSR count). The molecule has 2 aromatic heterocycles. The van der Waals surface area contributed by atoms with Gasteiger partial charge in [0.05, 0.1) is 17.8 Å². The van der Waals surface area contributed by atoms with Crippen LogP contribution in [0.4, 0.5) is 18.9 Å². The molecule has 3 N–H and O–H groups in total. The van der Waals surface area contributed by atoms with Gasteiger partial charge in [0.15, 0.2) is 0 Å². The minimum absolute atomic E-state index is 0.129. The fourth-order valence-corrected chi connectivity index (χ4v) is 5.39. The number of hydrogen-bond acceptors (Lipinski definition) is 5. The summed E-state index contributed by atoms with van der Waals surface area (Å²) in [6.45, 7) is -0.789. The largest absolute Gasteiger partial charge is 0.406 e. The lowest BCUT2D eigenvalue weighted by Crippen LogP contribution is -2.29. The van der Waals surface area contributed by atoms with Crippen molar-refractivity contribution in [2.45, 2.75) is 38.1 Å². The third-order valence-corrected chi connectivity index (χ3v) is 7.14. The first-order valence-electron chi connectivity index (χ1n) is 11.0. The average Bonchev–Trinajstić information content (AvgIpc) is 3.16. The highest BCUT2D eigenvalue weighted by atomic mass is 32.2. The topological polar surface area (TPSA) is 85.3 Å². The summed E-state index contributed by atoms with van der Waals surface area (Å²) in [6.07, 6.45) is 3.20. The van der Waals surface area contributed by atoms with Crippen molar-refractivity contribution in [1.29, 1.82) is 0 Å². The molecule has 0 bridgehead atoms. The molecule has 180 valence electrons. The number of hydrogen-bond donors (Lipinski definition) is 2. The number of rotatable bonds is 7. The molecule has 34 heavy (non-hydrogen) atoms. The number of aliphatic imine (C=N–C) groups is 1. The maximum atomic E-state index is 13.5. The Labute approximate surface area is 198 Å². The Kier molecular flexibility index (Phi) is 7.35. The number of benzene rings is 1. The Morgan fingerprint density at radius 3 is 2.65 bits per heavy atom. The second kappa shape index (κ2) is 10.4. The highest BCUT2D eigenvalue weighted by Gasteiger charge is 2.30. The standard InChI is InChI=1S/C24H26F3N5OS/c25-24(26,27)16-32-22-3-1-2-21(31-19-6-10-34(33)11-7-19)20(22)12-23(32)18(13-28)15-30-14-17-4-8-29-9-5-17/h1-5,8-9,12-13,15,19,31H,6-7,10-11,14,16,28H2. The van der Waals surface area contributed by atoms with Crippen LogP contribution in [0.3, 0.4) is 0 Å². The first-order valence-corrected chi connectivity index (χ1v) is 12.4. The van der Waals surface area contributed by atoms with Gasteiger partial charge in [0.2, 0.25) is 0 Å². The van der Waals surface area contributed by atoms with E-state index in [-0.39, 0.29) is 6.04 Å². The van der Waals surface area contributed by atoms with Crippen LogP contribution in [-0.4, -0.2) is 43.7 Å². The van der Waals surface area contributed by atoms with Crippen LogP contribution >= 0.6 is 0 Å². The number of pyridine rings is 1. The first-order chi connectivity index (χ1) is 16.3. The van der Waals surface area contributed by atoms with Crippen LogP contribution in [0.1, 0.15) is 24.1 Å². The second-order valence-corrected chi connectivity index (χ2v) is 9.88. The van der Waals surface area contributed by atoms with E-state index < -0.39 is 23.5 Å². The fraction of sp³-hybridized carbons (Fsp3) is 0.333. The molecule has 3 heterocycles. The average molecular weight is 490 g/mol. The van der Waals surface area contributed by atoms with Gasteiger partial charge in [-0.15, -0.1) is 0 Å². The third kappa shape index (κ3) is 5.85. The summed E-state index contributed by atoms with van der Waals surface area (Å²) < 4.78 is 53.5. The molecule has 0 atom stereocenters. The molecule has 1 aromatic carbocycles. The number of anilines is 1. The van der Waals surface area contributed by atoms with Gasteiger partial charge in [-0.3, -0.25) is 14.2 Å². The van der Waals surface area contributed by atoms with Crippen molar-refractivity contribution < 1.29 is 17.4 Å². The zero-order chi connectivity index (χ0) is 24.1. The van der Waals surface area contributed by atoms with Crippen LogP contribution in [0.5, 0.6) is 0 Å². The number of allylic oxidation sites excluding steroid dienone is 1. The molecule has 0 aliphatic carbocycles. The molecule has 0 spiro atoms. The van der Waals surface area contributed by atoms with E-state index in [0.717, 1.165) is 24.1 Å². The normalized spacial score (nSPS) is 19.7. The van der Waals surface area contributed by atoms with Crippen LogP contribution in [0.25, 0.3) is 16.5 Å². The minimum Gasteiger partial charge on any atom is -0.404 e. The summed E-state index contributed by atoms with van der Waals surface area (Å²) in [6, 6.07) is 10.8. The van der Waals surface area contributed by atoms with Gasteiger partial charge in [-0.25, -0.2) is 0 Å². The fourth-order valence-electron chi connectivity index (χ4n) is 4.09. The van der Waals surface area contributed by atoms with Gasteiger partial charge in [-0.05, 0) is 48.7 Å². The van der Waals surface area contributed by atoms with E-state index in [2.05, 4.69) is 15.3 Å². The van der Waals surface area contributed by atoms with Crippen molar-refractivity contribution in [2.24, 2.45) is 10.7 Å². The van der Waals surface area contributed by atoms with Crippen molar-refractivity contribution in [3.05, 3.63) is 66.2 Å². The number of alkyl halides is 3. The third-order valence-electron chi connectivity index (χ3n) is 5.76. The van der Waals surface area contributed by atoms with Gasteiger partial charge in [0.1, 0.15) is 6.54 Å². The summed E-state index contributed by atoms with van der Waals surface area (Å²) in [4.78, 5) is 8.34. The van der Waals surface area contributed by atoms with Crippen LogP contribution < -0.4 is 11.1 Å². The lowest BCUT2D eigenvalue weighted by molar-refractivity contribution is -0.140. The molecule has 1 aliphatic rings. The zero-order valence-corrected chi connectivity index (χ0v) is 19.3. The number of nitrogens with one attached hydrogen (secondary N) is 1. The van der Waals surface area contributed by atoms with Crippen molar-refractivity contribution >= 4 is 39.2 Å². The number of nitrogens with two attached hydrogens (primary N) is 1. The smallest absolute Gasteiger partial charge is 0.404 e. The highest BCUT2D eigenvalue weighted by Crippen LogP contribution is 2.33. The molecule has 0 unspecified atom stereocenters. The predicted octanol–water partition coefficient (Wildman–Crippen LogP) is 4.49. The summed E-state index contributed by atoms with van der Waals surface area (Å²) >= 11 is 0. The maximum Gasteiger partial charge on any atom is 0.406 e. The van der Waals surface area contributed by atoms with Crippen molar-refractivity contribution in [3.63, 3.8) is 0 Å². The monoisotopic (exact) mass is 489 g/mol. The van der Waals surface area contributed by atoms with Crippen LogP contribution in [0, 0.1) is 0 Å². The molecular formula is C24H26F3N5OS. The predicted molar refractivity (Wildman–Crippen MR) is 131 cm³/mol. The van der Waals surface area contributed by atoms with E-state index in [9.17, 15) is 17.4 Å². The molecule has 0 amide bonds. The van der Waals surface area contributed by atoms with Crippen LogP contribution in [0.2, 0.25) is 0 Å².